The molecule has 1 aromatic carbocycles. The SMILES string of the molecule is CCN(CC(O)COc1ccc(C(C)(C)C)cc1)CC(C)C(=O)OC. The first-order chi connectivity index (χ1) is 11.7. The van der Waals surface area contributed by atoms with Crippen molar-refractivity contribution < 1.29 is 19.4 Å². The van der Waals surface area contributed by atoms with Crippen LogP contribution in [0, 0.1) is 5.92 Å². The zero-order valence-corrected chi connectivity index (χ0v) is 16.4. The van der Waals surface area contributed by atoms with Crippen LogP contribution in [0.25, 0.3) is 0 Å². The quantitative estimate of drug-likeness (QED) is 0.693. The molecule has 2 atom stereocenters. The van der Waals surface area contributed by atoms with Gasteiger partial charge in [-0.2, -0.15) is 0 Å². The number of aliphatic hydroxyl groups is 1. The van der Waals surface area contributed by atoms with Gasteiger partial charge in [0.1, 0.15) is 18.5 Å². The van der Waals surface area contributed by atoms with E-state index >= 15 is 0 Å². The van der Waals surface area contributed by atoms with Gasteiger partial charge in [-0.15, -0.1) is 0 Å². The number of methoxy groups -OCH3 is 1. The topological polar surface area (TPSA) is 59.0 Å². The molecule has 0 heterocycles. The van der Waals surface area contributed by atoms with Crippen molar-refractivity contribution >= 4 is 5.97 Å². The number of carbonyl (C=O) groups is 1. The molecule has 0 aliphatic carbocycles. The Morgan fingerprint density at radius 1 is 1.20 bits per heavy atom. The number of rotatable bonds is 9. The van der Waals surface area contributed by atoms with Crippen molar-refractivity contribution in [2.75, 3.05) is 33.4 Å². The number of likely N-dealkylation sites (N-methyl/N-ethyl adjacent to an activating group) is 1. The van der Waals surface area contributed by atoms with Gasteiger partial charge in [0, 0.05) is 13.1 Å². The van der Waals surface area contributed by atoms with Crippen molar-refractivity contribution in [1.82, 2.24) is 4.90 Å². The van der Waals surface area contributed by atoms with E-state index in [-0.39, 0.29) is 23.9 Å². The van der Waals surface area contributed by atoms with Crippen molar-refractivity contribution in [1.29, 1.82) is 0 Å². The Morgan fingerprint density at radius 2 is 1.80 bits per heavy atom. The fourth-order valence-corrected chi connectivity index (χ4v) is 2.59. The molecule has 1 rings (SSSR count). The molecule has 0 saturated heterocycles. The van der Waals surface area contributed by atoms with E-state index in [1.165, 1.54) is 12.7 Å². The zero-order valence-electron chi connectivity index (χ0n) is 16.4. The van der Waals surface area contributed by atoms with Crippen LogP contribution in [0.1, 0.15) is 40.2 Å². The van der Waals surface area contributed by atoms with Gasteiger partial charge in [0.25, 0.3) is 0 Å². The molecule has 0 saturated carbocycles. The van der Waals surface area contributed by atoms with Gasteiger partial charge in [0.05, 0.1) is 13.0 Å². The summed E-state index contributed by atoms with van der Waals surface area (Å²) in [5.41, 5.74) is 1.35. The molecular formula is C20H33NO4. The van der Waals surface area contributed by atoms with Gasteiger partial charge in [-0.1, -0.05) is 46.8 Å². The molecule has 0 bridgehead atoms. The summed E-state index contributed by atoms with van der Waals surface area (Å²) >= 11 is 0. The lowest BCUT2D eigenvalue weighted by Gasteiger charge is -2.25. The average molecular weight is 351 g/mol. The maximum absolute atomic E-state index is 11.5. The van der Waals surface area contributed by atoms with Gasteiger partial charge in [-0.05, 0) is 29.7 Å². The molecule has 0 radical (unpaired) electrons. The summed E-state index contributed by atoms with van der Waals surface area (Å²) in [6.45, 7) is 12.3. The van der Waals surface area contributed by atoms with Crippen LogP contribution >= 0.6 is 0 Å². The minimum atomic E-state index is -0.618. The van der Waals surface area contributed by atoms with E-state index in [4.69, 9.17) is 9.47 Å². The summed E-state index contributed by atoms with van der Waals surface area (Å²) in [6.07, 6.45) is -0.618. The first-order valence-corrected chi connectivity index (χ1v) is 8.89. The number of benzene rings is 1. The highest BCUT2D eigenvalue weighted by molar-refractivity contribution is 5.72. The van der Waals surface area contributed by atoms with E-state index in [1.807, 2.05) is 30.9 Å². The third kappa shape index (κ3) is 7.45. The second-order valence-corrected chi connectivity index (χ2v) is 7.52. The lowest BCUT2D eigenvalue weighted by Crippen LogP contribution is -2.39. The highest BCUT2D eigenvalue weighted by Crippen LogP contribution is 2.24. The maximum Gasteiger partial charge on any atom is 0.309 e. The number of hydrogen-bond donors (Lipinski definition) is 1. The van der Waals surface area contributed by atoms with Crippen LogP contribution in [0.3, 0.4) is 0 Å². The second-order valence-electron chi connectivity index (χ2n) is 7.52. The van der Waals surface area contributed by atoms with E-state index in [0.29, 0.717) is 13.1 Å². The van der Waals surface area contributed by atoms with Crippen molar-refractivity contribution in [3.63, 3.8) is 0 Å². The summed E-state index contributed by atoms with van der Waals surface area (Å²) < 4.78 is 10.4. The number of aliphatic hydroxyl groups excluding tert-OH is 1. The Labute approximate surface area is 151 Å². The molecule has 1 N–H and O–H groups in total. The van der Waals surface area contributed by atoms with Crippen LogP contribution < -0.4 is 4.74 Å². The molecule has 1 aromatic rings. The van der Waals surface area contributed by atoms with Crippen LogP contribution in [-0.4, -0.2) is 55.4 Å². The fourth-order valence-electron chi connectivity index (χ4n) is 2.59. The van der Waals surface area contributed by atoms with Gasteiger partial charge < -0.3 is 19.5 Å². The average Bonchev–Trinajstić information content (AvgIpc) is 2.58. The maximum atomic E-state index is 11.5. The minimum Gasteiger partial charge on any atom is -0.491 e. The van der Waals surface area contributed by atoms with Crippen molar-refractivity contribution in [3.8, 4) is 5.75 Å². The highest BCUT2D eigenvalue weighted by atomic mass is 16.5. The lowest BCUT2D eigenvalue weighted by molar-refractivity contribution is -0.145. The van der Waals surface area contributed by atoms with Gasteiger partial charge >= 0.3 is 5.97 Å². The van der Waals surface area contributed by atoms with Gasteiger partial charge in [0.15, 0.2) is 0 Å². The third-order valence-corrected chi connectivity index (χ3v) is 4.21. The number of nitrogens with zero attached hydrogens (tertiary/aromatic N) is 1. The van der Waals surface area contributed by atoms with Crippen molar-refractivity contribution in [2.45, 2.75) is 46.1 Å². The molecular weight excluding hydrogens is 318 g/mol. The number of ether oxygens (including phenoxy) is 2. The monoisotopic (exact) mass is 351 g/mol. The predicted octanol–water partition coefficient (Wildman–Crippen LogP) is 2.85. The van der Waals surface area contributed by atoms with E-state index in [9.17, 15) is 9.90 Å². The van der Waals surface area contributed by atoms with Crippen LogP contribution in [0.4, 0.5) is 0 Å². The minimum absolute atomic E-state index is 0.107. The molecule has 0 aliphatic heterocycles. The van der Waals surface area contributed by atoms with E-state index in [2.05, 4.69) is 32.9 Å². The Kier molecular flexibility index (Phi) is 8.39. The number of hydrogen-bond acceptors (Lipinski definition) is 5. The van der Waals surface area contributed by atoms with Gasteiger partial charge in [0.2, 0.25) is 0 Å². The van der Waals surface area contributed by atoms with Crippen molar-refractivity contribution in [2.24, 2.45) is 5.92 Å². The predicted molar refractivity (Wildman–Crippen MR) is 99.9 cm³/mol. The Balaban J connectivity index is 2.47. The molecule has 0 aromatic heterocycles. The second kappa shape index (κ2) is 9.78. The lowest BCUT2D eigenvalue weighted by atomic mass is 9.87. The summed E-state index contributed by atoms with van der Waals surface area (Å²) in [5.74, 6) is 0.296. The molecule has 142 valence electrons. The first kappa shape index (κ1) is 21.5. The van der Waals surface area contributed by atoms with Crippen LogP contribution in [0.2, 0.25) is 0 Å². The van der Waals surface area contributed by atoms with Gasteiger partial charge in [-0.3, -0.25) is 4.79 Å². The summed E-state index contributed by atoms with van der Waals surface area (Å²) in [5, 5.41) is 10.2. The Bertz CT molecular complexity index is 521. The molecule has 0 aliphatic rings. The zero-order chi connectivity index (χ0) is 19.0. The molecule has 5 nitrogen and oxygen atoms in total. The Morgan fingerprint density at radius 3 is 2.28 bits per heavy atom. The van der Waals surface area contributed by atoms with E-state index in [0.717, 1.165) is 12.3 Å². The number of esters is 1. The third-order valence-electron chi connectivity index (χ3n) is 4.21. The molecule has 2 unspecified atom stereocenters. The van der Waals surface area contributed by atoms with Crippen LogP contribution in [0.5, 0.6) is 5.75 Å². The summed E-state index contributed by atoms with van der Waals surface area (Å²) in [4.78, 5) is 13.5. The summed E-state index contributed by atoms with van der Waals surface area (Å²) in [7, 11) is 1.39. The standard InChI is InChI=1S/C20H33NO4/c1-7-21(12-15(2)19(23)24-6)13-17(22)14-25-18-10-8-16(9-11-18)20(3,4)5/h8-11,15,17,22H,7,12-14H2,1-6H3. The fraction of sp³-hybridized carbons (Fsp3) is 0.650. The van der Waals surface area contributed by atoms with Crippen LogP contribution in [0.15, 0.2) is 24.3 Å². The molecule has 0 amide bonds. The van der Waals surface area contributed by atoms with E-state index < -0.39 is 6.10 Å². The summed E-state index contributed by atoms with van der Waals surface area (Å²) in [6, 6.07) is 7.98. The van der Waals surface area contributed by atoms with Crippen molar-refractivity contribution in [3.05, 3.63) is 29.8 Å². The largest absolute Gasteiger partial charge is 0.491 e. The smallest absolute Gasteiger partial charge is 0.309 e. The normalized spacial score (nSPS) is 14.2. The number of carbonyl (C=O) groups excluding carboxylic acids is 1. The Hall–Kier alpha value is -1.59. The molecule has 0 spiro atoms. The molecule has 25 heavy (non-hydrogen) atoms. The van der Waals surface area contributed by atoms with Gasteiger partial charge in [-0.25, -0.2) is 0 Å². The van der Waals surface area contributed by atoms with Crippen LogP contribution in [-0.2, 0) is 14.9 Å². The first-order valence-electron chi connectivity index (χ1n) is 8.89. The molecule has 5 heteroatoms. The highest BCUT2D eigenvalue weighted by Gasteiger charge is 2.19. The molecule has 0 fully saturated rings. The van der Waals surface area contributed by atoms with E-state index in [1.54, 1.807) is 0 Å².